The van der Waals surface area contributed by atoms with Crippen LogP contribution < -0.4 is 5.32 Å². The molecule has 174 valence electrons. The number of aromatic amines is 1. The van der Waals surface area contributed by atoms with Gasteiger partial charge in [0.05, 0.1) is 27.9 Å². The van der Waals surface area contributed by atoms with Crippen molar-refractivity contribution in [2.45, 2.75) is 18.9 Å². The molecule has 1 aromatic carbocycles. The van der Waals surface area contributed by atoms with Crippen LogP contribution in [0.3, 0.4) is 0 Å². The summed E-state index contributed by atoms with van der Waals surface area (Å²) in [6, 6.07) is 9.36. The Hall–Kier alpha value is -3.30. The normalized spacial score (nSPS) is 21.2. The molecule has 1 saturated heterocycles. The number of alkyl halides is 2. The lowest BCUT2D eigenvalue weighted by molar-refractivity contribution is -0.122. The van der Waals surface area contributed by atoms with Gasteiger partial charge in [0.15, 0.2) is 0 Å². The minimum Gasteiger partial charge on any atom is -0.360 e. The minimum absolute atomic E-state index is 0.138. The van der Waals surface area contributed by atoms with Gasteiger partial charge in [-0.05, 0) is 37.5 Å². The van der Waals surface area contributed by atoms with Crippen molar-refractivity contribution in [1.29, 1.82) is 0 Å². The molecule has 9 heteroatoms. The van der Waals surface area contributed by atoms with Gasteiger partial charge in [-0.25, -0.2) is 8.78 Å². The molecule has 2 aliphatic heterocycles. The number of H-pyrrole nitrogens is 1. The van der Waals surface area contributed by atoms with Gasteiger partial charge >= 0.3 is 0 Å². The van der Waals surface area contributed by atoms with Crippen LogP contribution in [-0.2, 0) is 16.1 Å². The Morgan fingerprint density at radius 1 is 1.12 bits per heavy atom. The second-order valence-electron chi connectivity index (χ2n) is 9.10. The third kappa shape index (κ3) is 3.22. The average molecular weight is 481 g/mol. The van der Waals surface area contributed by atoms with Gasteiger partial charge in [0, 0.05) is 46.9 Å². The predicted octanol–water partition coefficient (Wildman–Crippen LogP) is 4.34. The summed E-state index contributed by atoms with van der Waals surface area (Å²) in [6.07, 6.45) is 3.88. The zero-order valence-electron chi connectivity index (χ0n) is 18.4. The summed E-state index contributed by atoms with van der Waals surface area (Å²) in [5, 5.41) is 5.12. The molecule has 1 unspecified atom stereocenters. The quantitative estimate of drug-likeness (QED) is 0.427. The molecular formula is C25H22F2N4O2S. The highest BCUT2D eigenvalue weighted by Crippen LogP contribution is 2.40. The number of imide groups is 1. The van der Waals surface area contributed by atoms with E-state index < -0.39 is 23.7 Å². The highest BCUT2D eigenvalue weighted by atomic mass is 32.1. The second kappa shape index (κ2) is 7.61. The van der Waals surface area contributed by atoms with E-state index in [1.165, 1.54) is 11.3 Å². The van der Waals surface area contributed by atoms with Gasteiger partial charge < -0.3 is 14.5 Å². The number of hydrogen-bond acceptors (Lipinski definition) is 4. The standard InChI is InChI=1S/C25H22F2N4O2S/c1-30-8-6-14(25(26,27)13-30)11-31-12-17(15-4-2-3-5-19(15)31)21-20(23(32)29-24(21)33)16-10-28-18-7-9-34-22(16)18/h2-5,7,9-10,12,14,28H,6,8,11,13H2,1H3,(H,29,32,33). The maximum Gasteiger partial charge on any atom is 0.265 e. The number of hydrogen-bond donors (Lipinski definition) is 2. The van der Waals surface area contributed by atoms with Gasteiger partial charge in [-0.15, -0.1) is 11.3 Å². The van der Waals surface area contributed by atoms with Crippen molar-refractivity contribution in [1.82, 2.24) is 19.8 Å². The molecule has 0 spiro atoms. The summed E-state index contributed by atoms with van der Waals surface area (Å²) >= 11 is 1.49. The van der Waals surface area contributed by atoms with Crippen LogP contribution in [0.5, 0.6) is 0 Å². The topological polar surface area (TPSA) is 70.1 Å². The summed E-state index contributed by atoms with van der Waals surface area (Å²) in [5.41, 5.74) is 3.50. The maximum absolute atomic E-state index is 14.8. The third-order valence-corrected chi connectivity index (χ3v) is 7.84. The third-order valence-electron chi connectivity index (χ3n) is 6.89. The zero-order chi connectivity index (χ0) is 23.6. The largest absolute Gasteiger partial charge is 0.360 e. The number of benzene rings is 1. The molecule has 4 aromatic rings. The number of carbonyl (C=O) groups is 2. The molecule has 0 bridgehead atoms. The van der Waals surface area contributed by atoms with E-state index in [2.05, 4.69) is 10.3 Å². The molecule has 5 heterocycles. The van der Waals surface area contributed by atoms with Crippen molar-refractivity contribution in [3.05, 3.63) is 59.2 Å². The van der Waals surface area contributed by atoms with Crippen LogP contribution in [-0.4, -0.2) is 52.3 Å². The summed E-state index contributed by atoms with van der Waals surface area (Å²) < 4.78 is 32.3. The second-order valence-corrected chi connectivity index (χ2v) is 10.0. The molecular weight excluding hydrogens is 458 g/mol. The van der Waals surface area contributed by atoms with Crippen LogP contribution in [0.4, 0.5) is 8.78 Å². The molecule has 6 nitrogen and oxygen atoms in total. The summed E-state index contributed by atoms with van der Waals surface area (Å²) in [4.78, 5) is 30.7. The number of thiophene rings is 1. The van der Waals surface area contributed by atoms with Crippen LogP contribution in [0, 0.1) is 5.92 Å². The lowest BCUT2D eigenvalue weighted by Gasteiger charge is -2.36. The number of fused-ring (bicyclic) bond motifs is 2. The first-order chi connectivity index (χ1) is 16.3. The molecule has 6 rings (SSSR count). The van der Waals surface area contributed by atoms with E-state index in [9.17, 15) is 18.4 Å². The van der Waals surface area contributed by atoms with Crippen molar-refractivity contribution < 1.29 is 18.4 Å². The van der Waals surface area contributed by atoms with Crippen LogP contribution >= 0.6 is 11.3 Å². The predicted molar refractivity (Wildman–Crippen MR) is 129 cm³/mol. The Labute approximate surface area is 197 Å². The fourth-order valence-corrected chi connectivity index (χ4v) is 6.10. The zero-order valence-corrected chi connectivity index (χ0v) is 19.2. The lowest BCUT2D eigenvalue weighted by Crippen LogP contribution is -2.48. The summed E-state index contributed by atoms with van der Waals surface area (Å²) in [7, 11) is 1.71. The van der Waals surface area contributed by atoms with E-state index in [1.807, 2.05) is 40.3 Å². The van der Waals surface area contributed by atoms with Gasteiger partial charge in [0.1, 0.15) is 0 Å². The Morgan fingerprint density at radius 2 is 1.88 bits per heavy atom. The van der Waals surface area contributed by atoms with Crippen LogP contribution in [0.2, 0.25) is 0 Å². The highest BCUT2D eigenvalue weighted by molar-refractivity contribution is 7.17. The first kappa shape index (κ1) is 21.2. The van der Waals surface area contributed by atoms with Crippen LogP contribution in [0.1, 0.15) is 17.5 Å². The Kier molecular flexibility index (Phi) is 4.76. The number of nitrogens with zero attached hydrogens (tertiary/aromatic N) is 2. The van der Waals surface area contributed by atoms with E-state index in [0.717, 1.165) is 21.1 Å². The molecule has 0 saturated carbocycles. The van der Waals surface area contributed by atoms with Gasteiger partial charge in [-0.1, -0.05) is 18.2 Å². The van der Waals surface area contributed by atoms with Crippen LogP contribution in [0.25, 0.3) is 32.3 Å². The van der Waals surface area contributed by atoms with Crippen molar-refractivity contribution in [2.75, 3.05) is 20.1 Å². The van der Waals surface area contributed by atoms with Gasteiger partial charge in [-0.3, -0.25) is 14.9 Å². The number of nitrogens with one attached hydrogen (secondary N) is 2. The molecule has 2 aliphatic rings. The van der Waals surface area contributed by atoms with Crippen molar-refractivity contribution in [3.63, 3.8) is 0 Å². The van der Waals surface area contributed by atoms with E-state index in [0.29, 0.717) is 29.7 Å². The van der Waals surface area contributed by atoms with E-state index in [-0.39, 0.29) is 18.7 Å². The number of rotatable bonds is 4. The minimum atomic E-state index is -2.81. The number of likely N-dealkylation sites (tertiary alicyclic amines) is 1. The molecule has 1 fully saturated rings. The summed E-state index contributed by atoms with van der Waals surface area (Å²) in [5.74, 6) is -4.54. The Balaban J connectivity index is 1.51. The van der Waals surface area contributed by atoms with Gasteiger partial charge in [0.2, 0.25) is 0 Å². The first-order valence-electron chi connectivity index (χ1n) is 11.1. The number of amides is 2. The highest BCUT2D eigenvalue weighted by Gasteiger charge is 2.44. The monoisotopic (exact) mass is 480 g/mol. The summed E-state index contributed by atoms with van der Waals surface area (Å²) in [6.45, 7) is 0.488. The smallest absolute Gasteiger partial charge is 0.265 e. The van der Waals surface area contributed by atoms with E-state index >= 15 is 0 Å². The molecule has 0 aliphatic carbocycles. The molecule has 34 heavy (non-hydrogen) atoms. The number of aromatic nitrogens is 2. The molecule has 2 amide bonds. The molecule has 2 N–H and O–H groups in total. The van der Waals surface area contributed by atoms with Crippen molar-refractivity contribution >= 4 is 55.4 Å². The molecule has 1 atom stereocenters. The van der Waals surface area contributed by atoms with E-state index in [4.69, 9.17) is 0 Å². The molecule has 0 radical (unpaired) electrons. The Morgan fingerprint density at radius 3 is 2.68 bits per heavy atom. The van der Waals surface area contributed by atoms with Crippen LogP contribution in [0.15, 0.2) is 48.1 Å². The fourth-order valence-electron chi connectivity index (χ4n) is 5.22. The first-order valence-corrected chi connectivity index (χ1v) is 12.0. The number of piperidine rings is 1. The fraction of sp³-hybridized carbons (Fsp3) is 0.280. The number of carbonyl (C=O) groups excluding carboxylic acids is 2. The number of para-hydroxylation sites is 1. The average Bonchev–Trinajstić information content (AvgIpc) is 3.53. The lowest BCUT2D eigenvalue weighted by atomic mass is 9.93. The SMILES string of the molecule is CN1CCC(Cn2cc(C3=C(c4c[nH]c5ccsc45)C(=O)NC3=O)c3ccccc32)C(F)(F)C1. The van der Waals surface area contributed by atoms with Gasteiger partial charge in [-0.2, -0.15) is 0 Å². The van der Waals surface area contributed by atoms with Gasteiger partial charge in [0.25, 0.3) is 17.7 Å². The number of halogens is 2. The maximum atomic E-state index is 14.8. The Bertz CT molecular complexity index is 1490. The molecule has 3 aromatic heterocycles. The van der Waals surface area contributed by atoms with E-state index in [1.54, 1.807) is 24.3 Å². The van der Waals surface area contributed by atoms with Crippen molar-refractivity contribution in [3.8, 4) is 0 Å². The van der Waals surface area contributed by atoms with Crippen molar-refractivity contribution in [2.24, 2.45) is 5.92 Å².